The molecule has 0 aromatic heterocycles. The van der Waals surface area contributed by atoms with E-state index < -0.39 is 24.8 Å². The van der Waals surface area contributed by atoms with Crippen molar-refractivity contribution in [3.05, 3.63) is 71.8 Å². The van der Waals surface area contributed by atoms with Gasteiger partial charge in [0.15, 0.2) is 12.6 Å². The number of aliphatic hydroxyl groups excluding tert-OH is 1. The van der Waals surface area contributed by atoms with Crippen LogP contribution in [0.15, 0.2) is 60.7 Å². The van der Waals surface area contributed by atoms with Crippen LogP contribution < -0.4 is 0 Å². The molecule has 1 heterocycles. The second kappa shape index (κ2) is 13.3. The van der Waals surface area contributed by atoms with Crippen molar-refractivity contribution in [2.24, 2.45) is 10.8 Å². The Morgan fingerprint density at radius 1 is 1.05 bits per heavy atom. The van der Waals surface area contributed by atoms with E-state index in [-0.39, 0.29) is 35.1 Å². The maximum absolute atomic E-state index is 12.9. The first-order valence-corrected chi connectivity index (χ1v) is 13.6. The van der Waals surface area contributed by atoms with E-state index in [9.17, 15) is 9.90 Å². The lowest BCUT2D eigenvalue weighted by Gasteiger charge is -2.39. The number of carbonyl (C=O) groups excluding carboxylic acids is 1. The minimum atomic E-state index is -1.21. The van der Waals surface area contributed by atoms with Gasteiger partial charge in [-0.25, -0.2) is 0 Å². The van der Waals surface area contributed by atoms with Gasteiger partial charge in [0.25, 0.3) is 0 Å². The van der Waals surface area contributed by atoms with Gasteiger partial charge in [-0.1, -0.05) is 102 Å². The van der Waals surface area contributed by atoms with Gasteiger partial charge in [-0.05, 0) is 17.3 Å². The predicted molar refractivity (Wildman–Crippen MR) is 147 cm³/mol. The minimum Gasteiger partial charge on any atom is -0.463 e. The number of hydrogen-bond donors (Lipinski definition) is 2. The summed E-state index contributed by atoms with van der Waals surface area (Å²) in [5, 5.41) is 10.5. The predicted octanol–water partition coefficient (Wildman–Crippen LogP) is 6.26. The summed E-state index contributed by atoms with van der Waals surface area (Å²) in [6.07, 6.45) is -0.942. The van der Waals surface area contributed by atoms with Gasteiger partial charge >= 0.3 is 5.97 Å². The number of ether oxygens (including phenoxy) is 4. The van der Waals surface area contributed by atoms with Crippen molar-refractivity contribution in [2.75, 3.05) is 13.2 Å². The second-order valence-electron chi connectivity index (χ2n) is 11.4. The summed E-state index contributed by atoms with van der Waals surface area (Å²) < 4.78 is 23.9. The monoisotopic (exact) mass is 530 g/mol. The zero-order valence-corrected chi connectivity index (χ0v) is 23.5. The molecule has 1 aliphatic rings. The van der Waals surface area contributed by atoms with Gasteiger partial charge in [0.1, 0.15) is 18.8 Å². The van der Waals surface area contributed by atoms with Crippen molar-refractivity contribution in [1.82, 2.24) is 0 Å². The van der Waals surface area contributed by atoms with Gasteiger partial charge in [0.05, 0.1) is 18.3 Å². The molecule has 204 valence electrons. The van der Waals surface area contributed by atoms with Crippen LogP contribution in [0, 0.1) is 10.8 Å². The quantitative estimate of drug-likeness (QED) is 0.192. The molecule has 1 N–H and O–H groups in total. The van der Waals surface area contributed by atoms with E-state index in [0.717, 1.165) is 18.4 Å². The third-order valence-corrected chi connectivity index (χ3v) is 7.29. The van der Waals surface area contributed by atoms with Gasteiger partial charge in [-0.15, -0.1) is 0 Å². The first kappa shape index (κ1) is 29.7. The maximum Gasteiger partial charge on any atom is 0.306 e. The van der Waals surface area contributed by atoms with Crippen LogP contribution in [-0.2, 0) is 23.7 Å². The van der Waals surface area contributed by atoms with Crippen molar-refractivity contribution in [1.29, 1.82) is 0 Å². The Morgan fingerprint density at radius 2 is 1.68 bits per heavy atom. The van der Waals surface area contributed by atoms with Gasteiger partial charge in [0.2, 0.25) is 0 Å². The molecule has 7 heteroatoms. The summed E-state index contributed by atoms with van der Waals surface area (Å²) in [6.45, 7) is 11.0. The van der Waals surface area contributed by atoms with Crippen LogP contribution in [0.1, 0.15) is 77.6 Å². The largest absolute Gasteiger partial charge is 0.463 e. The van der Waals surface area contributed by atoms with Crippen LogP contribution in [-0.4, -0.2) is 41.7 Å². The second-order valence-corrected chi connectivity index (χ2v) is 12.1. The summed E-state index contributed by atoms with van der Waals surface area (Å²) in [7, 11) is 0. The molecule has 5 atom stereocenters. The number of carbonyl (C=O) groups is 1. The van der Waals surface area contributed by atoms with Gasteiger partial charge in [0, 0.05) is 11.1 Å². The Labute approximate surface area is 227 Å². The van der Waals surface area contributed by atoms with Crippen LogP contribution in [0.4, 0.5) is 0 Å². The molecule has 1 aliphatic heterocycles. The van der Waals surface area contributed by atoms with E-state index >= 15 is 0 Å². The highest BCUT2D eigenvalue weighted by Crippen LogP contribution is 2.38. The highest BCUT2D eigenvalue weighted by Gasteiger charge is 2.39. The van der Waals surface area contributed by atoms with Crippen LogP contribution in [0.5, 0.6) is 0 Å². The number of rotatable bonds is 12. The summed E-state index contributed by atoms with van der Waals surface area (Å²) in [6, 6.07) is 18.7. The van der Waals surface area contributed by atoms with Crippen LogP contribution in [0.2, 0.25) is 0 Å². The molecule has 3 rings (SSSR count). The van der Waals surface area contributed by atoms with Crippen molar-refractivity contribution in [3.63, 3.8) is 0 Å². The topological polar surface area (TPSA) is 74.2 Å². The average Bonchev–Trinajstić information content (AvgIpc) is 2.87. The molecular formula is C30H42O6S. The Hall–Kier alpha value is -1.90. The molecule has 0 saturated carbocycles. The highest BCUT2D eigenvalue weighted by molar-refractivity contribution is 7.81. The minimum absolute atomic E-state index is 0.0702. The zero-order chi connectivity index (χ0) is 27.1. The molecule has 5 unspecified atom stereocenters. The van der Waals surface area contributed by atoms with E-state index in [1.165, 1.54) is 0 Å². The standard InChI is InChI=1S/C30H42O6S/c1-6-29(2,3)20-30(4,5)17-25(31)33-18-23(35-27(32)21-13-9-7-10-14-21)26-24(37)19-34-28(36-26)22-15-11-8-12-16-22/h7-16,23-24,26-28,32,37H,6,17-20H2,1-5H3. The molecule has 1 saturated heterocycles. The van der Waals surface area contributed by atoms with E-state index in [1.807, 2.05) is 48.5 Å². The van der Waals surface area contributed by atoms with Gasteiger partial charge < -0.3 is 24.1 Å². The van der Waals surface area contributed by atoms with E-state index in [0.29, 0.717) is 12.2 Å². The van der Waals surface area contributed by atoms with E-state index in [1.54, 1.807) is 12.1 Å². The molecule has 37 heavy (non-hydrogen) atoms. The molecule has 2 aromatic rings. The van der Waals surface area contributed by atoms with Crippen molar-refractivity contribution < 1.29 is 28.8 Å². The number of thiol groups is 1. The van der Waals surface area contributed by atoms with E-state index in [2.05, 4.69) is 47.2 Å². The van der Waals surface area contributed by atoms with Crippen LogP contribution in [0.25, 0.3) is 0 Å². The molecule has 0 spiro atoms. The van der Waals surface area contributed by atoms with Crippen molar-refractivity contribution in [3.8, 4) is 0 Å². The molecule has 2 aromatic carbocycles. The van der Waals surface area contributed by atoms with Crippen molar-refractivity contribution in [2.45, 2.75) is 83.9 Å². The van der Waals surface area contributed by atoms with Crippen molar-refractivity contribution >= 4 is 18.6 Å². The number of aliphatic hydroxyl groups is 1. The summed E-state index contributed by atoms with van der Waals surface area (Å²) >= 11 is 4.68. The summed E-state index contributed by atoms with van der Waals surface area (Å²) in [5.41, 5.74) is 1.39. The third-order valence-electron chi connectivity index (χ3n) is 6.85. The first-order valence-electron chi connectivity index (χ1n) is 13.0. The molecule has 1 fully saturated rings. The lowest BCUT2D eigenvalue weighted by Crippen LogP contribution is -2.48. The van der Waals surface area contributed by atoms with Gasteiger partial charge in [-0.3, -0.25) is 4.79 Å². The molecule has 0 aliphatic carbocycles. The molecule has 0 bridgehead atoms. The SMILES string of the molecule is CCC(C)(C)CC(C)(C)CC(=O)OCC(OC(O)c1ccccc1)C1OC(c2ccccc2)OCC1S. The number of benzene rings is 2. The average molecular weight is 531 g/mol. The first-order chi connectivity index (χ1) is 17.5. The summed E-state index contributed by atoms with van der Waals surface area (Å²) in [5.74, 6) is -0.304. The Kier molecular flexibility index (Phi) is 10.6. The highest BCUT2D eigenvalue weighted by atomic mass is 32.1. The number of hydrogen-bond acceptors (Lipinski definition) is 7. The fourth-order valence-corrected chi connectivity index (χ4v) is 5.20. The Morgan fingerprint density at radius 3 is 2.30 bits per heavy atom. The zero-order valence-electron chi connectivity index (χ0n) is 22.6. The molecule has 0 amide bonds. The van der Waals surface area contributed by atoms with E-state index in [4.69, 9.17) is 18.9 Å². The lowest BCUT2D eigenvalue weighted by molar-refractivity contribution is -0.264. The third kappa shape index (κ3) is 9.11. The van der Waals surface area contributed by atoms with Gasteiger partial charge in [-0.2, -0.15) is 12.6 Å². The fraction of sp³-hybridized carbons (Fsp3) is 0.567. The summed E-state index contributed by atoms with van der Waals surface area (Å²) in [4.78, 5) is 12.9. The smallest absolute Gasteiger partial charge is 0.306 e. The fourth-order valence-electron chi connectivity index (χ4n) is 4.85. The van der Waals surface area contributed by atoms with Crippen LogP contribution in [0.3, 0.4) is 0 Å². The molecule has 0 radical (unpaired) electrons. The normalized spacial score (nSPS) is 22.3. The molecule has 6 nitrogen and oxygen atoms in total. The number of esters is 1. The lowest BCUT2D eigenvalue weighted by atomic mass is 9.72. The maximum atomic E-state index is 12.9. The van der Waals surface area contributed by atoms with Crippen LogP contribution >= 0.6 is 12.6 Å². The Balaban J connectivity index is 1.72. The Bertz CT molecular complexity index is 965. The molecular weight excluding hydrogens is 488 g/mol.